The highest BCUT2D eigenvalue weighted by atomic mass is 16.5. The Labute approximate surface area is 193 Å². The summed E-state index contributed by atoms with van der Waals surface area (Å²) in [5.74, 6) is 0.889. The first kappa shape index (κ1) is 23.2. The monoisotopic (exact) mass is 436 g/mol. The molecule has 0 saturated carbocycles. The molecule has 0 fully saturated rings. The van der Waals surface area contributed by atoms with E-state index in [0.29, 0.717) is 28.9 Å². The third-order valence-corrected chi connectivity index (χ3v) is 4.69. The maximum atomic E-state index is 12.1. The fourth-order valence-corrected chi connectivity index (χ4v) is 2.98. The predicted molar refractivity (Wildman–Crippen MR) is 130 cm³/mol. The van der Waals surface area contributed by atoms with E-state index in [9.17, 15) is 9.59 Å². The summed E-state index contributed by atoms with van der Waals surface area (Å²) >= 11 is 0. The van der Waals surface area contributed by atoms with E-state index in [1.54, 1.807) is 54.6 Å². The molecular formula is C29H24O4. The number of aromatic hydroxyl groups is 1. The predicted octanol–water partition coefficient (Wildman–Crippen LogP) is 6.11. The highest BCUT2D eigenvalue weighted by molar-refractivity contribution is 6.09. The van der Waals surface area contributed by atoms with Crippen molar-refractivity contribution in [3.05, 3.63) is 144 Å². The molecule has 4 heteroatoms. The molecule has 0 spiro atoms. The molecule has 164 valence electrons. The van der Waals surface area contributed by atoms with Crippen LogP contribution in [0.1, 0.15) is 31.8 Å². The average Bonchev–Trinajstić information content (AvgIpc) is 2.89. The maximum Gasteiger partial charge on any atom is 0.193 e. The highest BCUT2D eigenvalue weighted by Gasteiger charge is 2.08. The Morgan fingerprint density at radius 3 is 1.45 bits per heavy atom. The van der Waals surface area contributed by atoms with Crippen LogP contribution in [0.4, 0.5) is 0 Å². The summed E-state index contributed by atoms with van der Waals surface area (Å²) in [5.41, 5.74) is 2.59. The fraction of sp³-hybridized carbons (Fsp3) is 0.0345. The van der Waals surface area contributed by atoms with Crippen LogP contribution in [0.5, 0.6) is 11.5 Å². The zero-order chi connectivity index (χ0) is 23.5. The quantitative estimate of drug-likeness (QED) is 0.281. The minimum absolute atomic E-state index is 0.0193. The second kappa shape index (κ2) is 11.8. The van der Waals surface area contributed by atoms with Crippen molar-refractivity contribution in [3.63, 3.8) is 0 Å². The molecule has 0 bridgehead atoms. The summed E-state index contributed by atoms with van der Waals surface area (Å²) in [4.78, 5) is 24.0. The smallest absolute Gasteiger partial charge is 0.193 e. The molecule has 0 aromatic heterocycles. The number of phenolic OH excluding ortho intramolecular Hbond substituents is 1. The molecule has 33 heavy (non-hydrogen) atoms. The summed E-state index contributed by atoms with van der Waals surface area (Å²) in [7, 11) is 0. The SMILES string of the molecule is C=CCOc1ccc(C(=O)c2ccccc2)cc1.O=C(c1ccccc1)c1ccc(O)cc1. The number of benzene rings is 4. The van der Waals surface area contributed by atoms with Crippen LogP contribution in [0, 0.1) is 0 Å². The molecule has 4 nitrogen and oxygen atoms in total. The topological polar surface area (TPSA) is 63.6 Å². The first-order chi connectivity index (χ1) is 16.1. The molecule has 0 aliphatic rings. The Morgan fingerprint density at radius 2 is 1.03 bits per heavy atom. The van der Waals surface area contributed by atoms with Gasteiger partial charge in [-0.05, 0) is 48.5 Å². The normalized spacial score (nSPS) is 9.82. The molecule has 4 aromatic rings. The third kappa shape index (κ3) is 6.77. The molecule has 0 amide bonds. The van der Waals surface area contributed by atoms with Crippen LogP contribution < -0.4 is 4.74 Å². The van der Waals surface area contributed by atoms with Crippen molar-refractivity contribution < 1.29 is 19.4 Å². The Morgan fingerprint density at radius 1 is 0.636 bits per heavy atom. The molecular weight excluding hydrogens is 412 g/mol. The molecule has 0 saturated heterocycles. The van der Waals surface area contributed by atoms with Crippen LogP contribution in [0.25, 0.3) is 0 Å². The summed E-state index contributed by atoms with van der Waals surface area (Å²) in [6, 6.07) is 31.7. The van der Waals surface area contributed by atoms with Crippen LogP contribution in [0.15, 0.2) is 122 Å². The number of ether oxygens (including phenoxy) is 1. The van der Waals surface area contributed by atoms with E-state index in [-0.39, 0.29) is 17.3 Å². The zero-order valence-electron chi connectivity index (χ0n) is 18.1. The van der Waals surface area contributed by atoms with E-state index in [1.165, 1.54) is 12.1 Å². The Bertz CT molecular complexity index is 1180. The lowest BCUT2D eigenvalue weighted by Crippen LogP contribution is -2.01. The van der Waals surface area contributed by atoms with Gasteiger partial charge in [0.15, 0.2) is 11.6 Å². The lowest BCUT2D eigenvalue weighted by Gasteiger charge is -2.04. The highest BCUT2D eigenvalue weighted by Crippen LogP contribution is 2.16. The third-order valence-electron chi connectivity index (χ3n) is 4.69. The van der Waals surface area contributed by atoms with Gasteiger partial charge in [-0.2, -0.15) is 0 Å². The molecule has 0 heterocycles. The lowest BCUT2D eigenvalue weighted by molar-refractivity contribution is 0.103. The molecule has 1 N–H and O–H groups in total. The molecule has 0 radical (unpaired) electrons. The summed E-state index contributed by atoms with van der Waals surface area (Å²) in [6.45, 7) is 4.05. The van der Waals surface area contributed by atoms with E-state index in [1.807, 2.05) is 48.5 Å². The molecule has 0 atom stereocenters. The van der Waals surface area contributed by atoms with E-state index in [2.05, 4.69) is 6.58 Å². The van der Waals surface area contributed by atoms with E-state index < -0.39 is 0 Å². The summed E-state index contributed by atoms with van der Waals surface area (Å²) in [6.07, 6.45) is 1.68. The van der Waals surface area contributed by atoms with Crippen molar-refractivity contribution in [2.24, 2.45) is 0 Å². The van der Waals surface area contributed by atoms with Gasteiger partial charge in [0, 0.05) is 22.3 Å². The average molecular weight is 437 g/mol. The van der Waals surface area contributed by atoms with Gasteiger partial charge in [0.25, 0.3) is 0 Å². The summed E-state index contributed by atoms with van der Waals surface area (Å²) < 4.78 is 5.37. The largest absolute Gasteiger partial charge is 0.508 e. The molecule has 0 aliphatic heterocycles. The first-order valence-electron chi connectivity index (χ1n) is 10.4. The van der Waals surface area contributed by atoms with Gasteiger partial charge in [0.2, 0.25) is 0 Å². The number of ketones is 2. The zero-order valence-corrected chi connectivity index (χ0v) is 18.1. The molecule has 4 aromatic carbocycles. The first-order valence-corrected chi connectivity index (χ1v) is 10.4. The van der Waals surface area contributed by atoms with Gasteiger partial charge >= 0.3 is 0 Å². The van der Waals surface area contributed by atoms with Gasteiger partial charge in [-0.3, -0.25) is 9.59 Å². The summed E-state index contributed by atoms with van der Waals surface area (Å²) in [5, 5.41) is 9.10. The van der Waals surface area contributed by atoms with Crippen LogP contribution in [0.2, 0.25) is 0 Å². The second-order valence-corrected chi connectivity index (χ2v) is 7.06. The van der Waals surface area contributed by atoms with Crippen molar-refractivity contribution >= 4 is 11.6 Å². The Kier molecular flexibility index (Phi) is 8.32. The number of carbonyl (C=O) groups is 2. The number of phenols is 1. The minimum Gasteiger partial charge on any atom is -0.508 e. The Balaban J connectivity index is 0.000000189. The van der Waals surface area contributed by atoms with Crippen molar-refractivity contribution in [1.82, 2.24) is 0 Å². The number of carbonyl (C=O) groups excluding carboxylic acids is 2. The maximum absolute atomic E-state index is 12.1. The minimum atomic E-state index is -0.0319. The number of rotatable bonds is 7. The van der Waals surface area contributed by atoms with E-state index >= 15 is 0 Å². The van der Waals surface area contributed by atoms with Crippen molar-refractivity contribution in [1.29, 1.82) is 0 Å². The number of hydrogen-bond acceptors (Lipinski definition) is 4. The van der Waals surface area contributed by atoms with Crippen molar-refractivity contribution in [2.45, 2.75) is 0 Å². The van der Waals surface area contributed by atoms with Crippen LogP contribution in [-0.2, 0) is 0 Å². The van der Waals surface area contributed by atoms with Crippen molar-refractivity contribution in [2.75, 3.05) is 6.61 Å². The van der Waals surface area contributed by atoms with Crippen LogP contribution >= 0.6 is 0 Å². The number of hydrogen-bond donors (Lipinski definition) is 1. The van der Waals surface area contributed by atoms with Crippen LogP contribution in [0.3, 0.4) is 0 Å². The van der Waals surface area contributed by atoms with E-state index in [4.69, 9.17) is 9.84 Å². The molecule has 0 unspecified atom stereocenters. The Hall–Kier alpha value is -4.44. The second-order valence-electron chi connectivity index (χ2n) is 7.06. The van der Waals surface area contributed by atoms with Crippen molar-refractivity contribution in [3.8, 4) is 11.5 Å². The van der Waals surface area contributed by atoms with Gasteiger partial charge in [-0.25, -0.2) is 0 Å². The lowest BCUT2D eigenvalue weighted by atomic mass is 10.0. The van der Waals surface area contributed by atoms with E-state index in [0.717, 1.165) is 5.75 Å². The fourth-order valence-electron chi connectivity index (χ4n) is 2.98. The molecule has 0 aliphatic carbocycles. The van der Waals surface area contributed by atoms with Gasteiger partial charge in [-0.1, -0.05) is 73.3 Å². The van der Waals surface area contributed by atoms with Gasteiger partial charge in [0.1, 0.15) is 18.1 Å². The van der Waals surface area contributed by atoms with Gasteiger partial charge < -0.3 is 9.84 Å². The molecule has 4 rings (SSSR count). The van der Waals surface area contributed by atoms with Gasteiger partial charge in [0.05, 0.1) is 0 Å². The van der Waals surface area contributed by atoms with Gasteiger partial charge in [-0.15, -0.1) is 0 Å². The standard InChI is InChI=1S/C16H14O2.C13H10O2/c1-2-12-18-15-10-8-14(9-11-15)16(17)13-6-4-3-5-7-13;14-12-8-6-11(7-9-12)13(15)10-4-2-1-3-5-10/h2-11H,1,12H2;1-9,14H. The van der Waals surface area contributed by atoms with Crippen LogP contribution in [-0.4, -0.2) is 23.3 Å².